The molecule has 17 heavy (non-hydrogen) atoms. The molecule has 2 unspecified atom stereocenters. The molecule has 0 bridgehead atoms. The maximum atomic E-state index is 11.9. The number of ketones is 1. The Kier molecular flexibility index (Phi) is 3.14. The van der Waals surface area contributed by atoms with Crippen LogP contribution in [0.25, 0.3) is 0 Å². The number of nitrogens with one attached hydrogen (secondary N) is 2. The monoisotopic (exact) mass is 233 g/mol. The van der Waals surface area contributed by atoms with E-state index in [-0.39, 0.29) is 35.0 Å². The lowest BCUT2D eigenvalue weighted by atomic mass is 9.82. The third-order valence-corrected chi connectivity index (χ3v) is 3.39. The number of hydrogen-bond donors (Lipinski definition) is 2. The largest absolute Gasteiger partial charge is 0.367 e. The Bertz CT molecular complexity index is 434. The van der Waals surface area contributed by atoms with Gasteiger partial charge in [-0.1, -0.05) is 12.8 Å². The quantitative estimate of drug-likeness (QED) is 0.513. The number of carbonyl (C=O) groups is 2. The maximum Gasteiger partial charge on any atom is 0.230 e. The van der Waals surface area contributed by atoms with Crippen LogP contribution in [-0.4, -0.2) is 17.7 Å². The number of fused-ring (bicyclic) bond motifs is 1. The van der Waals surface area contributed by atoms with Crippen molar-refractivity contribution < 1.29 is 9.59 Å². The summed E-state index contributed by atoms with van der Waals surface area (Å²) in [5, 5.41) is 14.7. The summed E-state index contributed by atoms with van der Waals surface area (Å²) in [7, 11) is 0. The Morgan fingerprint density at radius 3 is 2.76 bits per heavy atom. The standard InChI is InChI=1S/C12H15N3O2/c1-7(16)9(6-13)11-14-10-5-3-2-4-8(10)12(17)15-11/h8,10,14H,2-5H2,1H3,(H,15,17)/b11-9+. The van der Waals surface area contributed by atoms with Crippen molar-refractivity contribution in [2.75, 3.05) is 0 Å². The minimum Gasteiger partial charge on any atom is -0.367 e. The van der Waals surface area contributed by atoms with E-state index in [1.807, 2.05) is 6.07 Å². The minimum absolute atomic E-state index is 0.00220. The Morgan fingerprint density at radius 2 is 2.12 bits per heavy atom. The van der Waals surface area contributed by atoms with Gasteiger partial charge in [0.2, 0.25) is 5.91 Å². The number of hydrogen-bond acceptors (Lipinski definition) is 4. The van der Waals surface area contributed by atoms with Gasteiger partial charge in [-0.15, -0.1) is 0 Å². The Hall–Kier alpha value is -1.83. The van der Waals surface area contributed by atoms with Gasteiger partial charge >= 0.3 is 0 Å². The molecule has 1 saturated heterocycles. The summed E-state index contributed by atoms with van der Waals surface area (Å²) in [4.78, 5) is 23.1. The zero-order chi connectivity index (χ0) is 12.4. The van der Waals surface area contributed by atoms with Gasteiger partial charge in [-0.3, -0.25) is 9.59 Å². The van der Waals surface area contributed by atoms with Gasteiger partial charge in [0.25, 0.3) is 0 Å². The summed E-state index contributed by atoms with van der Waals surface area (Å²) in [6.07, 6.45) is 3.93. The normalized spacial score (nSPS) is 30.5. The highest BCUT2D eigenvalue weighted by atomic mass is 16.2. The van der Waals surface area contributed by atoms with E-state index >= 15 is 0 Å². The summed E-state index contributed by atoms with van der Waals surface area (Å²) in [5.41, 5.74) is 0.00220. The highest BCUT2D eigenvalue weighted by molar-refractivity contribution is 5.99. The van der Waals surface area contributed by atoms with E-state index in [2.05, 4.69) is 10.6 Å². The van der Waals surface area contributed by atoms with Crippen LogP contribution >= 0.6 is 0 Å². The van der Waals surface area contributed by atoms with Crippen molar-refractivity contribution in [2.24, 2.45) is 5.92 Å². The predicted molar refractivity (Wildman–Crippen MR) is 60.3 cm³/mol. The molecule has 1 aliphatic carbocycles. The van der Waals surface area contributed by atoms with Gasteiger partial charge in [0, 0.05) is 13.0 Å². The summed E-state index contributed by atoms with van der Waals surface area (Å²) >= 11 is 0. The van der Waals surface area contributed by atoms with Gasteiger partial charge in [0.1, 0.15) is 17.5 Å². The average molecular weight is 233 g/mol. The van der Waals surface area contributed by atoms with Gasteiger partial charge in [-0.25, -0.2) is 0 Å². The molecule has 5 heteroatoms. The molecule has 2 fully saturated rings. The highest BCUT2D eigenvalue weighted by Gasteiger charge is 2.36. The fourth-order valence-corrected chi connectivity index (χ4v) is 2.50. The van der Waals surface area contributed by atoms with Crippen molar-refractivity contribution in [1.82, 2.24) is 10.6 Å². The van der Waals surface area contributed by atoms with Crippen LogP contribution in [0.2, 0.25) is 0 Å². The molecule has 0 aromatic carbocycles. The average Bonchev–Trinajstić information content (AvgIpc) is 2.29. The molecule has 0 spiro atoms. The van der Waals surface area contributed by atoms with Gasteiger partial charge in [-0.2, -0.15) is 5.26 Å². The first-order chi connectivity index (χ1) is 8.13. The first-order valence-corrected chi connectivity index (χ1v) is 5.86. The summed E-state index contributed by atoms with van der Waals surface area (Å²) in [6.45, 7) is 1.33. The van der Waals surface area contributed by atoms with E-state index in [0.717, 1.165) is 25.7 Å². The Labute approximate surface area is 99.9 Å². The SMILES string of the molecule is CC(=O)/C(C#N)=C1/NC(=O)C2CCCCC2N1. The van der Waals surface area contributed by atoms with Crippen molar-refractivity contribution in [1.29, 1.82) is 5.26 Å². The number of nitriles is 1. The van der Waals surface area contributed by atoms with Gasteiger partial charge < -0.3 is 10.6 Å². The van der Waals surface area contributed by atoms with Crippen LogP contribution in [0.1, 0.15) is 32.6 Å². The first kappa shape index (κ1) is 11.6. The lowest BCUT2D eigenvalue weighted by Crippen LogP contribution is -2.55. The van der Waals surface area contributed by atoms with Crippen LogP contribution in [0, 0.1) is 17.2 Å². The van der Waals surface area contributed by atoms with E-state index in [9.17, 15) is 9.59 Å². The summed E-state index contributed by atoms with van der Waals surface area (Å²) in [5.74, 6) is -0.144. The fourth-order valence-electron chi connectivity index (χ4n) is 2.50. The van der Waals surface area contributed by atoms with Crippen molar-refractivity contribution in [3.8, 4) is 6.07 Å². The predicted octanol–water partition coefficient (Wildman–Crippen LogP) is 0.589. The molecule has 90 valence electrons. The molecule has 1 saturated carbocycles. The molecule has 5 nitrogen and oxygen atoms in total. The van der Waals surface area contributed by atoms with E-state index < -0.39 is 0 Å². The number of rotatable bonds is 1. The van der Waals surface area contributed by atoms with E-state index in [1.165, 1.54) is 6.92 Å². The van der Waals surface area contributed by atoms with E-state index in [1.54, 1.807) is 0 Å². The third-order valence-electron chi connectivity index (χ3n) is 3.39. The zero-order valence-electron chi connectivity index (χ0n) is 9.75. The number of carbonyl (C=O) groups excluding carboxylic acids is 2. The van der Waals surface area contributed by atoms with E-state index in [4.69, 9.17) is 5.26 Å². The smallest absolute Gasteiger partial charge is 0.230 e. The molecule has 1 heterocycles. The Balaban J connectivity index is 2.27. The van der Waals surface area contributed by atoms with Crippen LogP contribution in [0.3, 0.4) is 0 Å². The van der Waals surface area contributed by atoms with Crippen molar-refractivity contribution in [3.63, 3.8) is 0 Å². The second-order valence-corrected chi connectivity index (χ2v) is 4.55. The van der Waals surface area contributed by atoms with Crippen molar-refractivity contribution >= 4 is 11.7 Å². The van der Waals surface area contributed by atoms with Gasteiger partial charge in [0.05, 0.1) is 5.92 Å². The van der Waals surface area contributed by atoms with Crippen molar-refractivity contribution in [3.05, 3.63) is 11.4 Å². The molecule has 2 N–H and O–H groups in total. The fraction of sp³-hybridized carbons (Fsp3) is 0.583. The molecular formula is C12H15N3O2. The van der Waals surface area contributed by atoms with Crippen LogP contribution in [0.15, 0.2) is 11.4 Å². The van der Waals surface area contributed by atoms with Crippen LogP contribution < -0.4 is 10.6 Å². The number of Topliss-reactive ketones (excluding diaryl/α,β-unsaturated/α-hetero) is 1. The van der Waals surface area contributed by atoms with Crippen LogP contribution in [-0.2, 0) is 9.59 Å². The molecular weight excluding hydrogens is 218 g/mol. The molecule has 2 aliphatic rings. The topological polar surface area (TPSA) is 82.0 Å². The first-order valence-electron chi connectivity index (χ1n) is 5.86. The molecule has 0 radical (unpaired) electrons. The summed E-state index contributed by atoms with van der Waals surface area (Å²) < 4.78 is 0. The number of nitrogens with zero attached hydrogens (tertiary/aromatic N) is 1. The molecule has 0 aromatic heterocycles. The van der Waals surface area contributed by atoms with Gasteiger partial charge in [-0.05, 0) is 12.8 Å². The number of allylic oxidation sites excluding steroid dienone is 1. The highest BCUT2D eigenvalue weighted by Crippen LogP contribution is 2.28. The molecule has 0 aromatic rings. The lowest BCUT2D eigenvalue weighted by molar-refractivity contribution is -0.127. The third kappa shape index (κ3) is 2.16. The minimum atomic E-state index is -0.329. The Morgan fingerprint density at radius 1 is 1.41 bits per heavy atom. The lowest BCUT2D eigenvalue weighted by Gasteiger charge is -2.37. The molecule has 1 amide bonds. The summed E-state index contributed by atoms with van der Waals surface area (Å²) in [6, 6.07) is 1.91. The second-order valence-electron chi connectivity index (χ2n) is 4.55. The molecule has 1 aliphatic heterocycles. The van der Waals surface area contributed by atoms with Crippen LogP contribution in [0.5, 0.6) is 0 Å². The number of amides is 1. The van der Waals surface area contributed by atoms with E-state index in [0.29, 0.717) is 0 Å². The zero-order valence-corrected chi connectivity index (χ0v) is 9.75. The van der Waals surface area contributed by atoms with Gasteiger partial charge in [0.15, 0.2) is 5.78 Å². The van der Waals surface area contributed by atoms with Crippen molar-refractivity contribution in [2.45, 2.75) is 38.6 Å². The molecule has 2 atom stereocenters. The maximum absolute atomic E-state index is 11.9. The molecule has 2 rings (SSSR count). The second kappa shape index (κ2) is 4.58. The van der Waals surface area contributed by atoms with Crippen LogP contribution in [0.4, 0.5) is 0 Å².